The zero-order valence-corrected chi connectivity index (χ0v) is 17.3. The molecule has 1 spiro atoms. The van der Waals surface area contributed by atoms with E-state index in [1.54, 1.807) is 53.4 Å². The summed E-state index contributed by atoms with van der Waals surface area (Å²) < 4.78 is 26.4. The molecule has 2 aliphatic rings. The quantitative estimate of drug-likeness (QED) is 0.463. The van der Waals surface area contributed by atoms with Gasteiger partial charge in [0.15, 0.2) is 15.6 Å². The number of ketones is 1. The molecule has 2 aromatic heterocycles. The lowest BCUT2D eigenvalue weighted by molar-refractivity contribution is 0.0948. The van der Waals surface area contributed by atoms with Gasteiger partial charge in [-0.25, -0.2) is 13.4 Å². The first-order valence-corrected chi connectivity index (χ1v) is 11.8. The summed E-state index contributed by atoms with van der Waals surface area (Å²) in [4.78, 5) is 21.9. The van der Waals surface area contributed by atoms with Gasteiger partial charge in [0.25, 0.3) is 0 Å². The van der Waals surface area contributed by atoms with Gasteiger partial charge in [-0.15, -0.1) is 11.3 Å². The summed E-state index contributed by atoms with van der Waals surface area (Å²) in [6, 6.07) is 10.9. The van der Waals surface area contributed by atoms with Crippen molar-refractivity contribution in [2.45, 2.75) is 22.5 Å². The van der Waals surface area contributed by atoms with E-state index in [-0.39, 0.29) is 29.1 Å². The van der Waals surface area contributed by atoms with Gasteiger partial charge in [-0.1, -0.05) is 12.2 Å². The van der Waals surface area contributed by atoms with E-state index in [9.17, 15) is 13.2 Å². The Kier molecular flexibility index (Phi) is 3.52. The molecular weight excluding hydrogens is 418 g/mol. The van der Waals surface area contributed by atoms with E-state index in [0.29, 0.717) is 10.9 Å². The lowest BCUT2D eigenvalue weighted by Crippen LogP contribution is -2.38. The van der Waals surface area contributed by atoms with Gasteiger partial charge in [-0.05, 0) is 49.2 Å². The van der Waals surface area contributed by atoms with Crippen LogP contribution in [0, 0.1) is 0 Å². The van der Waals surface area contributed by atoms with E-state index in [2.05, 4.69) is 15.3 Å². The average Bonchev–Trinajstić information content (AvgIpc) is 3.45. The molecule has 2 aromatic carbocycles. The SMILES string of the molecule is O=C1c2cc3nccc(Nc4ccc5scnc5c4)c3cc2S(=O)(=O)C12CC=CC2. The topological polar surface area (TPSA) is 89.0 Å². The van der Waals surface area contributed by atoms with Crippen LogP contribution in [-0.2, 0) is 9.84 Å². The van der Waals surface area contributed by atoms with Gasteiger partial charge in [0.1, 0.15) is 4.75 Å². The highest BCUT2D eigenvalue weighted by Crippen LogP contribution is 2.48. The first kappa shape index (κ1) is 17.7. The second-order valence-electron chi connectivity index (χ2n) is 7.59. The van der Waals surface area contributed by atoms with Gasteiger partial charge in [0, 0.05) is 28.5 Å². The van der Waals surface area contributed by atoms with Crippen LogP contribution in [0.2, 0.25) is 0 Å². The van der Waals surface area contributed by atoms with Crippen molar-refractivity contribution in [2.24, 2.45) is 0 Å². The van der Waals surface area contributed by atoms with Crippen molar-refractivity contribution in [3.63, 3.8) is 0 Å². The zero-order chi connectivity index (χ0) is 20.5. The summed E-state index contributed by atoms with van der Waals surface area (Å²) in [6.45, 7) is 0. The van der Waals surface area contributed by atoms with Crippen LogP contribution in [0.4, 0.5) is 11.4 Å². The Morgan fingerprint density at radius 3 is 2.67 bits per heavy atom. The second kappa shape index (κ2) is 5.96. The number of benzene rings is 2. The molecule has 6 nitrogen and oxygen atoms in total. The normalized spacial score (nSPS) is 18.5. The van der Waals surface area contributed by atoms with Gasteiger partial charge < -0.3 is 5.32 Å². The highest BCUT2D eigenvalue weighted by atomic mass is 32.2. The number of thiazole rings is 1. The predicted octanol–water partition coefficient (Wildman–Crippen LogP) is 4.65. The Bertz CT molecular complexity index is 1510. The molecule has 0 bridgehead atoms. The summed E-state index contributed by atoms with van der Waals surface area (Å²) in [5.41, 5.74) is 5.10. The molecule has 30 heavy (non-hydrogen) atoms. The largest absolute Gasteiger partial charge is 0.355 e. The summed E-state index contributed by atoms with van der Waals surface area (Å²) in [6.07, 6.45) is 5.66. The maximum Gasteiger partial charge on any atom is 0.192 e. The minimum atomic E-state index is -3.77. The molecule has 1 aliphatic carbocycles. The molecule has 0 unspecified atom stereocenters. The number of anilines is 2. The number of sulfone groups is 1. The third kappa shape index (κ3) is 2.23. The molecular formula is C22H15N3O3S2. The van der Waals surface area contributed by atoms with Crippen LogP contribution in [0.3, 0.4) is 0 Å². The smallest absolute Gasteiger partial charge is 0.192 e. The molecule has 4 aromatic rings. The Morgan fingerprint density at radius 2 is 1.83 bits per heavy atom. The molecule has 8 heteroatoms. The number of pyridine rings is 1. The van der Waals surface area contributed by atoms with E-state index < -0.39 is 14.6 Å². The fourth-order valence-corrected chi connectivity index (χ4v) is 7.17. The van der Waals surface area contributed by atoms with Crippen LogP contribution >= 0.6 is 11.3 Å². The fraction of sp³-hybridized carbons (Fsp3) is 0.136. The number of Topliss-reactive ketones (excluding diaryl/α,β-unsaturated/α-hetero) is 1. The number of nitrogens with zero attached hydrogens (tertiary/aromatic N) is 2. The third-order valence-corrected chi connectivity index (χ3v) is 9.25. The zero-order valence-electron chi connectivity index (χ0n) is 15.6. The minimum absolute atomic E-state index is 0.106. The molecule has 0 amide bonds. The van der Waals surface area contributed by atoms with E-state index in [1.165, 1.54) is 0 Å². The number of hydrogen-bond acceptors (Lipinski definition) is 7. The number of rotatable bonds is 2. The van der Waals surface area contributed by atoms with Gasteiger partial charge >= 0.3 is 0 Å². The van der Waals surface area contributed by atoms with E-state index >= 15 is 0 Å². The van der Waals surface area contributed by atoms with Gasteiger partial charge in [-0.3, -0.25) is 9.78 Å². The highest BCUT2D eigenvalue weighted by Gasteiger charge is 2.58. The third-order valence-electron chi connectivity index (χ3n) is 5.98. The number of allylic oxidation sites excluding steroid dienone is 2. The Hall–Kier alpha value is -3.10. The standard InChI is InChI=1S/C22H15N3O3S2/c26-21-15-10-17-14(11-20(15)30(27,28)22(21)6-1-2-7-22)16(5-8-23-17)25-13-3-4-19-18(9-13)24-12-29-19/h1-5,8-12H,6-7H2,(H,23,25). The van der Waals surface area contributed by atoms with Crippen molar-refractivity contribution in [1.29, 1.82) is 0 Å². The molecule has 0 fully saturated rings. The molecule has 0 saturated carbocycles. The molecule has 148 valence electrons. The molecule has 0 radical (unpaired) electrons. The minimum Gasteiger partial charge on any atom is -0.355 e. The van der Waals surface area contributed by atoms with Crippen molar-refractivity contribution in [3.8, 4) is 0 Å². The van der Waals surface area contributed by atoms with Crippen LogP contribution < -0.4 is 5.32 Å². The number of carbonyl (C=O) groups excluding carboxylic acids is 1. The summed E-state index contributed by atoms with van der Waals surface area (Å²) in [5, 5.41) is 4.01. The van der Waals surface area contributed by atoms with Gasteiger partial charge in [-0.2, -0.15) is 0 Å². The second-order valence-corrected chi connectivity index (χ2v) is 10.7. The number of carbonyl (C=O) groups is 1. The van der Waals surface area contributed by atoms with Gasteiger partial charge in [0.05, 0.1) is 26.1 Å². The first-order chi connectivity index (χ1) is 14.5. The molecule has 1 aliphatic heterocycles. The molecule has 6 rings (SSSR count). The maximum atomic E-state index is 13.3. The van der Waals surface area contributed by atoms with Crippen molar-refractivity contribution in [2.75, 3.05) is 5.32 Å². The van der Waals surface area contributed by atoms with E-state index in [4.69, 9.17) is 0 Å². The lowest BCUT2D eigenvalue weighted by atomic mass is 9.94. The number of nitrogens with one attached hydrogen (secondary N) is 1. The first-order valence-electron chi connectivity index (χ1n) is 9.47. The number of hydrogen-bond donors (Lipinski definition) is 1. The maximum absolute atomic E-state index is 13.3. The fourth-order valence-electron chi connectivity index (χ4n) is 4.39. The van der Waals surface area contributed by atoms with Crippen LogP contribution in [0.25, 0.3) is 21.1 Å². The highest BCUT2D eigenvalue weighted by molar-refractivity contribution is 7.94. The number of fused-ring (bicyclic) bond motifs is 3. The van der Waals surface area contributed by atoms with Crippen LogP contribution in [0.15, 0.2) is 65.2 Å². The summed E-state index contributed by atoms with van der Waals surface area (Å²) >= 11 is 1.57. The van der Waals surface area contributed by atoms with Crippen LogP contribution in [0.1, 0.15) is 23.2 Å². The average molecular weight is 434 g/mol. The van der Waals surface area contributed by atoms with Crippen LogP contribution in [-0.4, -0.2) is 28.9 Å². The van der Waals surface area contributed by atoms with Crippen LogP contribution in [0.5, 0.6) is 0 Å². The predicted molar refractivity (Wildman–Crippen MR) is 117 cm³/mol. The van der Waals surface area contributed by atoms with E-state index in [1.807, 2.05) is 18.2 Å². The van der Waals surface area contributed by atoms with Crippen molar-refractivity contribution >= 4 is 59.5 Å². The molecule has 0 saturated heterocycles. The van der Waals surface area contributed by atoms with Crippen molar-refractivity contribution in [3.05, 3.63) is 65.8 Å². The Balaban J connectivity index is 1.51. The van der Waals surface area contributed by atoms with Crippen molar-refractivity contribution < 1.29 is 13.2 Å². The summed E-state index contributed by atoms with van der Waals surface area (Å²) in [7, 11) is -3.77. The molecule has 3 heterocycles. The monoisotopic (exact) mass is 433 g/mol. The molecule has 1 N–H and O–H groups in total. The lowest BCUT2D eigenvalue weighted by Gasteiger charge is -2.19. The van der Waals surface area contributed by atoms with E-state index in [0.717, 1.165) is 21.6 Å². The Morgan fingerprint density at radius 1 is 1.00 bits per heavy atom. The van der Waals surface area contributed by atoms with Crippen molar-refractivity contribution in [1.82, 2.24) is 9.97 Å². The van der Waals surface area contributed by atoms with Gasteiger partial charge in [0.2, 0.25) is 0 Å². The summed E-state index contributed by atoms with van der Waals surface area (Å²) in [5.74, 6) is -0.321. The Labute approximate surface area is 176 Å². The number of aromatic nitrogens is 2. The molecule has 0 atom stereocenters.